The van der Waals surface area contributed by atoms with Crippen molar-refractivity contribution in [2.75, 3.05) is 6.61 Å². The zero-order valence-electron chi connectivity index (χ0n) is 12.8. The van der Waals surface area contributed by atoms with E-state index >= 15 is 0 Å². The third-order valence-electron chi connectivity index (χ3n) is 3.14. The Morgan fingerprint density at radius 2 is 1.95 bits per heavy atom. The zero-order chi connectivity index (χ0) is 14.5. The molecule has 0 bridgehead atoms. The van der Waals surface area contributed by atoms with Crippen molar-refractivity contribution in [3.05, 3.63) is 28.8 Å². The maximum Gasteiger partial charge on any atom is 0.126 e. The molecule has 0 unspecified atom stereocenters. The van der Waals surface area contributed by atoms with E-state index in [-0.39, 0.29) is 5.41 Å². The predicted molar refractivity (Wildman–Crippen MR) is 79.6 cm³/mol. The summed E-state index contributed by atoms with van der Waals surface area (Å²) in [5.74, 6) is 1.03. The smallest absolute Gasteiger partial charge is 0.126 e. The largest absolute Gasteiger partial charge is 0.493 e. The minimum absolute atomic E-state index is 0.0699. The first-order valence-corrected chi connectivity index (χ1v) is 7.04. The molecule has 1 rings (SSSR count). The van der Waals surface area contributed by atoms with E-state index in [1.807, 2.05) is 6.92 Å². The number of nitriles is 1. The fourth-order valence-corrected chi connectivity index (χ4v) is 2.26. The number of aryl methyl sites for hydroxylation is 2. The summed E-state index contributed by atoms with van der Waals surface area (Å²) in [6.45, 7) is 11.5. The summed E-state index contributed by atoms with van der Waals surface area (Å²) in [6.07, 6.45) is 2.40. The van der Waals surface area contributed by atoms with E-state index in [0.717, 1.165) is 18.6 Å². The Hall–Kier alpha value is -1.49. The topological polar surface area (TPSA) is 33.0 Å². The number of unbranched alkanes of at least 4 members (excludes halogenated alkanes) is 1. The van der Waals surface area contributed by atoms with Crippen molar-refractivity contribution in [2.24, 2.45) is 0 Å². The molecule has 0 radical (unpaired) electrons. The average Bonchev–Trinajstić information content (AvgIpc) is 2.31. The second kappa shape index (κ2) is 6.61. The monoisotopic (exact) mass is 259 g/mol. The lowest BCUT2D eigenvalue weighted by molar-refractivity contribution is 0.325. The van der Waals surface area contributed by atoms with Gasteiger partial charge in [0.2, 0.25) is 0 Å². The van der Waals surface area contributed by atoms with Crippen molar-refractivity contribution in [2.45, 2.75) is 59.3 Å². The third-order valence-corrected chi connectivity index (χ3v) is 3.14. The van der Waals surface area contributed by atoms with Crippen LogP contribution in [0.1, 0.15) is 57.2 Å². The molecule has 0 saturated carbocycles. The van der Waals surface area contributed by atoms with Crippen molar-refractivity contribution < 1.29 is 4.74 Å². The first-order valence-electron chi connectivity index (χ1n) is 7.04. The second-order valence-electron chi connectivity index (χ2n) is 6.00. The van der Waals surface area contributed by atoms with Crippen LogP contribution in [0.4, 0.5) is 0 Å². The Balaban J connectivity index is 3.20. The number of ether oxygens (including phenoxy) is 1. The second-order valence-corrected chi connectivity index (χ2v) is 6.00. The Morgan fingerprint density at radius 3 is 2.47 bits per heavy atom. The fraction of sp³-hybridized carbons (Fsp3) is 0.588. The highest BCUT2D eigenvalue weighted by molar-refractivity contribution is 5.48. The van der Waals surface area contributed by atoms with Crippen LogP contribution in [0.25, 0.3) is 0 Å². The van der Waals surface area contributed by atoms with Gasteiger partial charge in [-0.1, -0.05) is 38.5 Å². The van der Waals surface area contributed by atoms with Crippen LogP contribution >= 0.6 is 0 Å². The van der Waals surface area contributed by atoms with Gasteiger partial charge in [-0.05, 0) is 37.7 Å². The van der Waals surface area contributed by atoms with E-state index in [4.69, 9.17) is 10.00 Å². The summed E-state index contributed by atoms with van der Waals surface area (Å²) in [5.41, 5.74) is 3.84. The lowest BCUT2D eigenvalue weighted by Gasteiger charge is -2.25. The highest BCUT2D eigenvalue weighted by atomic mass is 16.5. The van der Waals surface area contributed by atoms with E-state index in [2.05, 4.69) is 45.9 Å². The van der Waals surface area contributed by atoms with Crippen LogP contribution in [0.3, 0.4) is 0 Å². The molecular formula is C17H25NO. The van der Waals surface area contributed by atoms with E-state index in [9.17, 15) is 0 Å². The Bertz CT molecular complexity index is 463. The molecule has 0 spiro atoms. The molecule has 0 atom stereocenters. The van der Waals surface area contributed by atoms with Crippen LogP contribution < -0.4 is 4.74 Å². The molecule has 0 heterocycles. The van der Waals surface area contributed by atoms with Gasteiger partial charge in [-0.2, -0.15) is 5.26 Å². The van der Waals surface area contributed by atoms with E-state index in [1.54, 1.807) is 0 Å². The van der Waals surface area contributed by atoms with Crippen LogP contribution in [-0.2, 0) is 11.8 Å². The lowest BCUT2D eigenvalue weighted by atomic mass is 9.83. The normalized spacial score (nSPS) is 11.2. The highest BCUT2D eigenvalue weighted by Crippen LogP contribution is 2.36. The molecule has 0 aliphatic rings. The van der Waals surface area contributed by atoms with Crippen molar-refractivity contribution in [1.82, 2.24) is 0 Å². The summed E-state index contributed by atoms with van der Waals surface area (Å²) in [5, 5.41) is 8.67. The maximum absolute atomic E-state index is 8.67. The molecule has 1 aromatic carbocycles. The summed E-state index contributed by atoms with van der Waals surface area (Å²) in [7, 11) is 0. The first-order chi connectivity index (χ1) is 8.90. The molecule has 0 aromatic heterocycles. The van der Waals surface area contributed by atoms with Crippen molar-refractivity contribution in [3.63, 3.8) is 0 Å². The van der Waals surface area contributed by atoms with Crippen molar-refractivity contribution in [1.29, 1.82) is 5.26 Å². The van der Waals surface area contributed by atoms with Gasteiger partial charge in [0.15, 0.2) is 0 Å². The van der Waals surface area contributed by atoms with Crippen LogP contribution in [0.2, 0.25) is 0 Å². The van der Waals surface area contributed by atoms with Gasteiger partial charge in [0.05, 0.1) is 12.7 Å². The predicted octanol–water partition coefficient (Wildman–Crippen LogP) is 4.54. The van der Waals surface area contributed by atoms with Gasteiger partial charge in [-0.25, -0.2) is 0 Å². The molecule has 0 fully saturated rings. The molecular weight excluding hydrogens is 234 g/mol. The first kappa shape index (κ1) is 15.6. The summed E-state index contributed by atoms with van der Waals surface area (Å²) in [4.78, 5) is 0. The van der Waals surface area contributed by atoms with Gasteiger partial charge in [0.1, 0.15) is 5.75 Å². The molecule has 0 aliphatic heterocycles. The zero-order valence-corrected chi connectivity index (χ0v) is 12.8. The molecule has 0 saturated heterocycles. The molecule has 19 heavy (non-hydrogen) atoms. The van der Waals surface area contributed by atoms with Crippen LogP contribution in [-0.4, -0.2) is 6.61 Å². The van der Waals surface area contributed by atoms with Crippen molar-refractivity contribution in [3.8, 4) is 11.8 Å². The number of hydrogen-bond donors (Lipinski definition) is 0. The molecule has 1 aromatic rings. The fourth-order valence-electron chi connectivity index (χ4n) is 2.26. The van der Waals surface area contributed by atoms with Gasteiger partial charge >= 0.3 is 0 Å². The number of benzene rings is 1. The number of hydrogen-bond acceptors (Lipinski definition) is 2. The summed E-state index contributed by atoms with van der Waals surface area (Å²) >= 11 is 0. The number of rotatable bonds is 5. The Morgan fingerprint density at radius 1 is 1.26 bits per heavy atom. The number of nitrogens with zero attached hydrogens (tertiary/aromatic N) is 1. The van der Waals surface area contributed by atoms with Crippen LogP contribution in [0.5, 0.6) is 5.75 Å². The SMILES string of the molecule is CCOc1c(CCCC#N)cc(C)cc1C(C)(C)C. The molecule has 0 aliphatic carbocycles. The van der Waals surface area contributed by atoms with Crippen LogP contribution in [0, 0.1) is 18.3 Å². The Labute approximate surface area is 117 Å². The van der Waals surface area contributed by atoms with Gasteiger partial charge in [0.25, 0.3) is 0 Å². The van der Waals surface area contributed by atoms with Gasteiger partial charge in [-0.3, -0.25) is 0 Å². The molecule has 2 heteroatoms. The quantitative estimate of drug-likeness (QED) is 0.727. The van der Waals surface area contributed by atoms with Crippen LogP contribution in [0.15, 0.2) is 12.1 Å². The van der Waals surface area contributed by atoms with Crippen molar-refractivity contribution >= 4 is 0 Å². The maximum atomic E-state index is 8.67. The van der Waals surface area contributed by atoms with E-state index in [1.165, 1.54) is 16.7 Å². The van der Waals surface area contributed by atoms with E-state index in [0.29, 0.717) is 13.0 Å². The van der Waals surface area contributed by atoms with Gasteiger partial charge < -0.3 is 4.74 Å². The molecule has 0 amide bonds. The molecule has 104 valence electrons. The standard InChI is InChI=1S/C17H25NO/c1-6-19-16-14(9-7-8-10-18)11-13(2)12-15(16)17(3,4)5/h11-12H,6-9H2,1-5H3. The molecule has 2 nitrogen and oxygen atoms in total. The highest BCUT2D eigenvalue weighted by Gasteiger charge is 2.21. The summed E-state index contributed by atoms with van der Waals surface area (Å²) < 4.78 is 5.90. The van der Waals surface area contributed by atoms with Gasteiger partial charge in [-0.15, -0.1) is 0 Å². The lowest BCUT2D eigenvalue weighted by Crippen LogP contribution is -2.15. The third kappa shape index (κ3) is 4.28. The van der Waals surface area contributed by atoms with Gasteiger partial charge in [0, 0.05) is 12.0 Å². The minimum Gasteiger partial charge on any atom is -0.493 e. The molecule has 0 N–H and O–H groups in total. The Kier molecular flexibility index (Phi) is 5.42. The minimum atomic E-state index is 0.0699. The average molecular weight is 259 g/mol. The van der Waals surface area contributed by atoms with E-state index < -0.39 is 0 Å². The summed E-state index contributed by atoms with van der Waals surface area (Å²) in [6, 6.07) is 6.62.